The number of aliphatic hydroxyl groups excluding tert-OH is 1. The van der Waals surface area contributed by atoms with Crippen molar-refractivity contribution in [2.75, 3.05) is 12.3 Å². The molecule has 0 unspecified atom stereocenters. The third-order valence-electron chi connectivity index (χ3n) is 2.96. The van der Waals surface area contributed by atoms with Gasteiger partial charge in [-0.15, -0.1) is 0 Å². The number of aromatic nitrogens is 2. The van der Waals surface area contributed by atoms with E-state index in [1.807, 2.05) is 38.1 Å². The highest BCUT2D eigenvalue weighted by Gasteiger charge is 2.16. The van der Waals surface area contributed by atoms with Gasteiger partial charge in [-0.3, -0.25) is 4.79 Å². The van der Waals surface area contributed by atoms with Crippen LogP contribution in [0.2, 0.25) is 0 Å². The SMILES string of the molecule is CC(C)Oc1ccc(-c2nn(CCO)c(N)c2C=O)cc1. The third kappa shape index (κ3) is 3.22. The van der Waals surface area contributed by atoms with Gasteiger partial charge in [-0.25, -0.2) is 4.68 Å². The summed E-state index contributed by atoms with van der Waals surface area (Å²) in [6.07, 6.45) is 0.783. The fraction of sp³-hybridized carbons (Fsp3) is 0.333. The molecule has 1 aromatic heterocycles. The minimum absolute atomic E-state index is 0.0925. The normalized spacial score (nSPS) is 10.9. The van der Waals surface area contributed by atoms with E-state index in [-0.39, 0.29) is 25.1 Å². The molecule has 21 heavy (non-hydrogen) atoms. The number of benzene rings is 1. The average molecular weight is 289 g/mol. The van der Waals surface area contributed by atoms with Crippen molar-refractivity contribution in [2.45, 2.75) is 26.5 Å². The van der Waals surface area contributed by atoms with Gasteiger partial charge in [-0.05, 0) is 38.1 Å². The Kier molecular flexibility index (Phi) is 4.59. The summed E-state index contributed by atoms with van der Waals surface area (Å²) in [6.45, 7) is 4.07. The molecule has 0 atom stereocenters. The zero-order chi connectivity index (χ0) is 15.4. The van der Waals surface area contributed by atoms with E-state index in [1.54, 1.807) is 0 Å². The van der Waals surface area contributed by atoms with Crippen LogP contribution in [0.3, 0.4) is 0 Å². The molecule has 2 aromatic rings. The van der Waals surface area contributed by atoms with Crippen LogP contribution in [-0.4, -0.2) is 33.9 Å². The maximum Gasteiger partial charge on any atom is 0.156 e. The molecule has 1 aromatic carbocycles. The van der Waals surface area contributed by atoms with Crippen molar-refractivity contribution in [3.63, 3.8) is 0 Å². The van der Waals surface area contributed by atoms with Gasteiger partial charge in [0.05, 0.1) is 24.8 Å². The van der Waals surface area contributed by atoms with Crippen molar-refractivity contribution >= 4 is 12.1 Å². The van der Waals surface area contributed by atoms with E-state index in [9.17, 15) is 4.79 Å². The second-order valence-electron chi connectivity index (χ2n) is 4.90. The number of rotatable bonds is 6. The van der Waals surface area contributed by atoms with Gasteiger partial charge < -0.3 is 15.6 Å². The number of nitrogens with zero attached hydrogens (tertiary/aromatic N) is 2. The molecule has 0 amide bonds. The van der Waals surface area contributed by atoms with Crippen molar-refractivity contribution in [3.8, 4) is 17.0 Å². The van der Waals surface area contributed by atoms with Crippen molar-refractivity contribution in [1.82, 2.24) is 9.78 Å². The number of nitrogen functional groups attached to an aromatic ring is 1. The van der Waals surface area contributed by atoms with Crippen LogP contribution in [0.25, 0.3) is 11.3 Å². The van der Waals surface area contributed by atoms with E-state index in [1.165, 1.54) is 4.68 Å². The minimum atomic E-state index is -0.0925. The van der Waals surface area contributed by atoms with Crippen LogP contribution in [0, 0.1) is 0 Å². The number of hydrogen-bond acceptors (Lipinski definition) is 5. The van der Waals surface area contributed by atoms with Crippen molar-refractivity contribution in [3.05, 3.63) is 29.8 Å². The van der Waals surface area contributed by atoms with Gasteiger partial charge in [0.15, 0.2) is 6.29 Å². The molecule has 112 valence electrons. The maximum atomic E-state index is 11.2. The van der Waals surface area contributed by atoms with Crippen LogP contribution in [0.1, 0.15) is 24.2 Å². The highest BCUT2D eigenvalue weighted by Crippen LogP contribution is 2.27. The standard InChI is InChI=1S/C15H19N3O3/c1-10(2)21-12-5-3-11(4-6-12)14-13(9-20)15(16)18(17-14)7-8-19/h3-6,9-10,19H,7-8,16H2,1-2H3. The van der Waals surface area contributed by atoms with Crippen LogP contribution in [0.4, 0.5) is 5.82 Å². The third-order valence-corrected chi connectivity index (χ3v) is 2.96. The van der Waals surface area contributed by atoms with Crippen LogP contribution < -0.4 is 10.5 Å². The summed E-state index contributed by atoms with van der Waals surface area (Å²) in [4.78, 5) is 11.2. The summed E-state index contributed by atoms with van der Waals surface area (Å²) < 4.78 is 7.00. The molecular weight excluding hydrogens is 270 g/mol. The predicted molar refractivity (Wildman–Crippen MR) is 80.3 cm³/mol. The van der Waals surface area contributed by atoms with Gasteiger partial charge >= 0.3 is 0 Å². The number of nitrogens with two attached hydrogens (primary N) is 1. The smallest absolute Gasteiger partial charge is 0.156 e. The maximum absolute atomic E-state index is 11.2. The number of aldehydes is 1. The number of ether oxygens (including phenoxy) is 1. The van der Waals surface area contributed by atoms with Gasteiger partial charge in [0.2, 0.25) is 0 Å². The number of anilines is 1. The molecule has 0 bridgehead atoms. The fourth-order valence-electron chi connectivity index (χ4n) is 2.05. The molecule has 0 aliphatic rings. The number of hydrogen-bond donors (Lipinski definition) is 2. The molecule has 0 radical (unpaired) electrons. The van der Waals surface area contributed by atoms with Crippen molar-refractivity contribution in [1.29, 1.82) is 0 Å². The van der Waals surface area contributed by atoms with E-state index in [2.05, 4.69) is 5.10 Å². The van der Waals surface area contributed by atoms with Gasteiger partial charge in [0.1, 0.15) is 17.3 Å². The molecule has 3 N–H and O–H groups in total. The van der Waals surface area contributed by atoms with E-state index in [0.29, 0.717) is 17.5 Å². The second-order valence-corrected chi connectivity index (χ2v) is 4.90. The number of carbonyl (C=O) groups is 1. The minimum Gasteiger partial charge on any atom is -0.491 e. The first-order valence-corrected chi connectivity index (χ1v) is 6.76. The number of aliphatic hydroxyl groups is 1. The van der Waals surface area contributed by atoms with Crippen LogP contribution in [0.5, 0.6) is 5.75 Å². The summed E-state index contributed by atoms with van der Waals surface area (Å²) in [6, 6.07) is 7.31. The highest BCUT2D eigenvalue weighted by atomic mass is 16.5. The molecule has 6 heteroatoms. The average Bonchev–Trinajstić information content (AvgIpc) is 2.76. The van der Waals surface area contributed by atoms with Gasteiger partial charge in [-0.1, -0.05) is 0 Å². The monoisotopic (exact) mass is 289 g/mol. The summed E-state index contributed by atoms with van der Waals surface area (Å²) in [5, 5.41) is 13.3. The Morgan fingerprint density at radius 1 is 1.38 bits per heavy atom. The topological polar surface area (TPSA) is 90.4 Å². The van der Waals surface area contributed by atoms with E-state index >= 15 is 0 Å². The Bertz CT molecular complexity index is 618. The zero-order valence-corrected chi connectivity index (χ0v) is 12.1. The largest absolute Gasteiger partial charge is 0.491 e. The lowest BCUT2D eigenvalue weighted by Gasteiger charge is -2.09. The first-order valence-electron chi connectivity index (χ1n) is 6.76. The van der Waals surface area contributed by atoms with Crippen molar-refractivity contribution < 1.29 is 14.6 Å². The van der Waals surface area contributed by atoms with Crippen molar-refractivity contribution in [2.24, 2.45) is 0 Å². The summed E-state index contributed by atoms with van der Waals surface area (Å²) in [7, 11) is 0. The Hall–Kier alpha value is -2.34. The Balaban J connectivity index is 2.37. The molecule has 2 rings (SSSR count). The number of carbonyl (C=O) groups excluding carboxylic acids is 1. The highest BCUT2D eigenvalue weighted by molar-refractivity contribution is 5.91. The van der Waals surface area contributed by atoms with Crippen LogP contribution in [-0.2, 0) is 6.54 Å². The zero-order valence-electron chi connectivity index (χ0n) is 12.1. The molecule has 0 aliphatic heterocycles. The first kappa shape index (κ1) is 15.1. The molecule has 0 saturated carbocycles. The molecule has 0 aliphatic carbocycles. The summed E-state index contributed by atoms with van der Waals surface area (Å²) >= 11 is 0. The van der Waals surface area contributed by atoms with Crippen LogP contribution >= 0.6 is 0 Å². The van der Waals surface area contributed by atoms with E-state index in [4.69, 9.17) is 15.6 Å². The predicted octanol–water partition coefficient (Wildman–Crippen LogP) is 1.72. The Morgan fingerprint density at radius 2 is 2.05 bits per heavy atom. The second kappa shape index (κ2) is 6.41. The lowest BCUT2D eigenvalue weighted by molar-refractivity contribution is 0.112. The van der Waals surface area contributed by atoms with Gasteiger partial charge in [0, 0.05) is 5.56 Å². The Morgan fingerprint density at radius 3 is 2.57 bits per heavy atom. The van der Waals surface area contributed by atoms with E-state index < -0.39 is 0 Å². The summed E-state index contributed by atoms with van der Waals surface area (Å²) in [5.74, 6) is 1.01. The molecule has 6 nitrogen and oxygen atoms in total. The molecule has 0 spiro atoms. The fourth-order valence-corrected chi connectivity index (χ4v) is 2.05. The summed E-state index contributed by atoms with van der Waals surface area (Å²) in [5.41, 5.74) is 7.48. The lowest BCUT2D eigenvalue weighted by Crippen LogP contribution is -2.08. The van der Waals surface area contributed by atoms with Gasteiger partial charge in [0.25, 0.3) is 0 Å². The molecular formula is C15H19N3O3. The van der Waals surface area contributed by atoms with E-state index in [0.717, 1.165) is 11.3 Å². The quantitative estimate of drug-likeness (QED) is 0.790. The lowest BCUT2D eigenvalue weighted by atomic mass is 10.1. The van der Waals surface area contributed by atoms with Gasteiger partial charge in [-0.2, -0.15) is 5.10 Å². The molecule has 1 heterocycles. The first-order chi connectivity index (χ1) is 10.1. The Labute approximate surface area is 123 Å². The van der Waals surface area contributed by atoms with Crippen LogP contribution in [0.15, 0.2) is 24.3 Å². The molecule has 0 saturated heterocycles. The molecule has 0 fully saturated rings.